The Kier molecular flexibility index (Phi) is 4.51. The fourth-order valence-corrected chi connectivity index (χ4v) is 3.28. The molecular formula is C14H19F3N2OS. The topological polar surface area (TPSA) is 34.1 Å². The van der Waals surface area contributed by atoms with Gasteiger partial charge in [-0.2, -0.15) is 13.2 Å². The van der Waals surface area contributed by atoms with Gasteiger partial charge in [-0.05, 0) is 25.7 Å². The molecule has 21 heavy (non-hydrogen) atoms. The summed E-state index contributed by atoms with van der Waals surface area (Å²) in [7, 11) is 0. The number of halogens is 3. The maximum absolute atomic E-state index is 12.0. The predicted octanol–water partition coefficient (Wildman–Crippen LogP) is 3.39. The quantitative estimate of drug-likeness (QED) is 0.746. The van der Waals surface area contributed by atoms with Gasteiger partial charge in [-0.1, -0.05) is 0 Å². The van der Waals surface area contributed by atoms with Gasteiger partial charge in [-0.15, -0.1) is 11.3 Å². The van der Waals surface area contributed by atoms with Crippen LogP contribution in [0.3, 0.4) is 0 Å². The third kappa shape index (κ3) is 4.93. The first-order valence-corrected chi connectivity index (χ1v) is 8.19. The van der Waals surface area contributed by atoms with Crippen LogP contribution in [0.4, 0.5) is 13.2 Å². The number of hydrogen-bond donors (Lipinski definition) is 1. The minimum Gasteiger partial charge on any atom is -0.372 e. The highest BCUT2D eigenvalue weighted by atomic mass is 32.1. The van der Waals surface area contributed by atoms with Gasteiger partial charge < -0.3 is 10.1 Å². The fraction of sp³-hybridized carbons (Fsp3) is 0.786. The molecule has 0 unspecified atom stereocenters. The Labute approximate surface area is 125 Å². The molecule has 0 saturated heterocycles. The molecule has 0 radical (unpaired) electrons. The number of aromatic nitrogens is 1. The molecule has 0 amide bonds. The first-order valence-electron chi connectivity index (χ1n) is 7.37. The van der Waals surface area contributed by atoms with Crippen LogP contribution in [0.25, 0.3) is 0 Å². The second-order valence-corrected chi connectivity index (χ2v) is 6.93. The van der Waals surface area contributed by atoms with Crippen molar-refractivity contribution in [3.63, 3.8) is 0 Å². The van der Waals surface area contributed by atoms with Crippen molar-refractivity contribution in [1.29, 1.82) is 0 Å². The van der Waals surface area contributed by atoms with Crippen LogP contribution >= 0.6 is 11.3 Å². The molecule has 7 heteroatoms. The largest absolute Gasteiger partial charge is 0.411 e. The monoisotopic (exact) mass is 320 g/mol. The lowest BCUT2D eigenvalue weighted by Gasteiger charge is -2.06. The molecule has 0 aliphatic heterocycles. The van der Waals surface area contributed by atoms with Crippen LogP contribution in [0, 0.1) is 0 Å². The first kappa shape index (κ1) is 15.2. The molecule has 0 bridgehead atoms. The third-order valence-electron chi connectivity index (χ3n) is 3.59. The zero-order chi connectivity index (χ0) is 14.9. The van der Waals surface area contributed by atoms with E-state index < -0.39 is 12.8 Å². The maximum atomic E-state index is 12.0. The van der Waals surface area contributed by atoms with Gasteiger partial charge in [0.25, 0.3) is 0 Å². The van der Waals surface area contributed by atoms with Crippen LogP contribution in [0.15, 0.2) is 0 Å². The van der Waals surface area contributed by atoms with E-state index in [1.807, 2.05) is 0 Å². The van der Waals surface area contributed by atoms with Crippen molar-refractivity contribution in [3.8, 4) is 0 Å². The van der Waals surface area contributed by atoms with Crippen molar-refractivity contribution >= 4 is 11.3 Å². The summed E-state index contributed by atoms with van der Waals surface area (Å²) >= 11 is 1.62. The molecule has 0 spiro atoms. The molecule has 1 heterocycles. The summed E-state index contributed by atoms with van der Waals surface area (Å²) in [5.41, 5.74) is 1.17. The number of rotatable bonds is 8. The highest BCUT2D eigenvalue weighted by molar-refractivity contribution is 7.11. The van der Waals surface area contributed by atoms with E-state index in [4.69, 9.17) is 0 Å². The molecule has 0 atom stereocenters. The number of alkyl halides is 3. The van der Waals surface area contributed by atoms with Crippen LogP contribution in [0.2, 0.25) is 0 Å². The van der Waals surface area contributed by atoms with E-state index in [9.17, 15) is 13.2 Å². The van der Waals surface area contributed by atoms with Crippen LogP contribution in [0.5, 0.6) is 0 Å². The van der Waals surface area contributed by atoms with Gasteiger partial charge in [0.1, 0.15) is 6.61 Å². The second kappa shape index (κ2) is 6.22. The Morgan fingerprint density at radius 2 is 2.00 bits per heavy atom. The molecular weight excluding hydrogens is 301 g/mol. The average molecular weight is 320 g/mol. The van der Waals surface area contributed by atoms with E-state index in [1.54, 1.807) is 11.3 Å². The Morgan fingerprint density at radius 3 is 2.62 bits per heavy atom. The Bertz CT molecular complexity index is 481. The van der Waals surface area contributed by atoms with Crippen molar-refractivity contribution in [3.05, 3.63) is 15.6 Å². The summed E-state index contributed by atoms with van der Waals surface area (Å²) in [5, 5.41) is 4.38. The summed E-state index contributed by atoms with van der Waals surface area (Å²) in [6.07, 6.45) is 1.07. The standard InChI is InChI=1S/C14H19F3N2OS/c15-14(16,17)8-20-6-5-12-19-13(9-1-2-9)11(21-12)7-18-10-3-4-10/h9-10,18H,1-8H2. The number of ether oxygens (including phenoxy) is 1. The molecule has 1 aromatic rings. The molecule has 2 aliphatic rings. The zero-order valence-corrected chi connectivity index (χ0v) is 12.5. The number of nitrogens with zero attached hydrogens (tertiary/aromatic N) is 1. The van der Waals surface area contributed by atoms with E-state index in [2.05, 4.69) is 15.0 Å². The van der Waals surface area contributed by atoms with E-state index in [0.29, 0.717) is 18.4 Å². The summed E-state index contributed by atoms with van der Waals surface area (Å²) in [6, 6.07) is 0.651. The minimum absolute atomic E-state index is 0.0760. The minimum atomic E-state index is -4.25. The highest BCUT2D eigenvalue weighted by Crippen LogP contribution is 2.42. The molecule has 1 N–H and O–H groups in total. The highest BCUT2D eigenvalue weighted by Gasteiger charge is 2.31. The van der Waals surface area contributed by atoms with Gasteiger partial charge in [0.2, 0.25) is 0 Å². The molecule has 2 aliphatic carbocycles. The lowest BCUT2D eigenvalue weighted by molar-refractivity contribution is -0.173. The normalized spacial score (nSPS) is 19.2. The average Bonchev–Trinajstić information content (AvgIpc) is 3.30. The lowest BCUT2D eigenvalue weighted by atomic mass is 10.2. The fourth-order valence-electron chi connectivity index (χ4n) is 2.20. The molecule has 0 aromatic carbocycles. The Balaban J connectivity index is 1.51. The summed E-state index contributed by atoms with van der Waals surface area (Å²) in [4.78, 5) is 5.88. The zero-order valence-electron chi connectivity index (χ0n) is 11.7. The van der Waals surface area contributed by atoms with Crippen LogP contribution in [0.1, 0.15) is 47.2 Å². The summed E-state index contributed by atoms with van der Waals surface area (Å²) in [6.45, 7) is -0.256. The second-order valence-electron chi connectivity index (χ2n) is 5.76. The molecule has 2 saturated carbocycles. The van der Waals surface area contributed by atoms with Crippen molar-refractivity contribution in [2.24, 2.45) is 0 Å². The summed E-state index contributed by atoms with van der Waals surface area (Å²) in [5.74, 6) is 0.571. The van der Waals surface area contributed by atoms with E-state index in [-0.39, 0.29) is 6.61 Å². The first-order chi connectivity index (χ1) is 10.0. The van der Waals surface area contributed by atoms with Gasteiger partial charge in [0.15, 0.2) is 0 Å². The molecule has 2 fully saturated rings. The van der Waals surface area contributed by atoms with Crippen molar-refractivity contribution in [2.75, 3.05) is 13.2 Å². The third-order valence-corrected chi connectivity index (χ3v) is 4.72. The SMILES string of the molecule is FC(F)(F)COCCc1nc(C2CC2)c(CNC2CC2)s1. The van der Waals surface area contributed by atoms with Crippen molar-refractivity contribution in [1.82, 2.24) is 10.3 Å². The van der Waals surface area contributed by atoms with E-state index in [0.717, 1.165) is 11.6 Å². The molecule has 3 rings (SSSR count). The van der Waals surface area contributed by atoms with Crippen LogP contribution < -0.4 is 5.32 Å². The van der Waals surface area contributed by atoms with Gasteiger partial charge in [0.05, 0.1) is 17.3 Å². The lowest BCUT2D eigenvalue weighted by Crippen LogP contribution is -2.17. The van der Waals surface area contributed by atoms with Gasteiger partial charge in [0, 0.05) is 29.8 Å². The predicted molar refractivity (Wildman–Crippen MR) is 74.5 cm³/mol. The number of thiazole rings is 1. The Hall–Kier alpha value is -0.660. The summed E-state index contributed by atoms with van der Waals surface area (Å²) < 4.78 is 40.7. The molecule has 118 valence electrons. The van der Waals surface area contributed by atoms with Gasteiger partial charge in [-0.3, -0.25) is 0 Å². The number of nitrogens with one attached hydrogen (secondary N) is 1. The van der Waals surface area contributed by atoms with Crippen LogP contribution in [-0.2, 0) is 17.7 Å². The Morgan fingerprint density at radius 1 is 1.24 bits per heavy atom. The van der Waals surface area contributed by atoms with Crippen molar-refractivity contribution < 1.29 is 17.9 Å². The van der Waals surface area contributed by atoms with E-state index >= 15 is 0 Å². The van der Waals surface area contributed by atoms with Crippen LogP contribution in [-0.4, -0.2) is 30.4 Å². The molecule has 3 nitrogen and oxygen atoms in total. The van der Waals surface area contributed by atoms with E-state index in [1.165, 1.54) is 36.3 Å². The number of hydrogen-bond acceptors (Lipinski definition) is 4. The molecule has 1 aromatic heterocycles. The van der Waals surface area contributed by atoms with Crippen molar-refractivity contribution in [2.45, 2.75) is 56.8 Å². The van der Waals surface area contributed by atoms with Gasteiger partial charge >= 0.3 is 6.18 Å². The van der Waals surface area contributed by atoms with Gasteiger partial charge in [-0.25, -0.2) is 4.98 Å². The maximum Gasteiger partial charge on any atom is 0.411 e. The smallest absolute Gasteiger partial charge is 0.372 e.